The van der Waals surface area contributed by atoms with E-state index >= 15 is 0 Å². The quantitative estimate of drug-likeness (QED) is 0.253. The lowest BCUT2D eigenvalue weighted by atomic mass is 10.1. The van der Waals surface area contributed by atoms with Crippen LogP contribution in [0, 0.1) is 13.8 Å². The molecule has 0 radical (unpaired) electrons. The molecule has 0 aliphatic heterocycles. The van der Waals surface area contributed by atoms with Crippen molar-refractivity contribution < 1.29 is 13.6 Å². The minimum absolute atomic E-state index is 0.493. The van der Waals surface area contributed by atoms with E-state index in [1.54, 1.807) is 0 Å². The molecule has 1 aromatic rings. The van der Waals surface area contributed by atoms with Gasteiger partial charge in [-0.25, -0.2) is 4.57 Å². The summed E-state index contributed by atoms with van der Waals surface area (Å²) in [6.07, 6.45) is 10.9. The van der Waals surface area contributed by atoms with Crippen molar-refractivity contribution in [3.8, 4) is 5.75 Å². The first-order valence-corrected chi connectivity index (χ1v) is 11.7. The van der Waals surface area contributed by atoms with Crippen molar-refractivity contribution in [3.63, 3.8) is 0 Å². The third-order valence-corrected chi connectivity index (χ3v) is 6.19. The molecule has 0 spiro atoms. The molecule has 0 amide bonds. The zero-order valence-corrected chi connectivity index (χ0v) is 17.6. The van der Waals surface area contributed by atoms with E-state index in [9.17, 15) is 4.57 Å². The van der Waals surface area contributed by atoms with E-state index in [4.69, 9.17) is 9.05 Å². The number of hydrogen-bond acceptors (Lipinski definition) is 3. The van der Waals surface area contributed by atoms with Crippen LogP contribution < -0.4 is 4.52 Å². The lowest BCUT2D eigenvalue weighted by molar-refractivity contribution is 0.257. The molecule has 3 nitrogen and oxygen atoms in total. The Morgan fingerprint density at radius 1 is 0.800 bits per heavy atom. The average molecular weight is 368 g/mol. The van der Waals surface area contributed by atoms with E-state index in [-0.39, 0.29) is 0 Å². The Hall–Kier alpha value is -0.790. The summed E-state index contributed by atoms with van der Waals surface area (Å²) in [5.41, 5.74) is 2.23. The molecule has 0 N–H and O–H groups in total. The smallest absolute Gasteiger partial charge is 0.379 e. The Balaban J connectivity index is 2.47. The van der Waals surface area contributed by atoms with Crippen molar-refractivity contribution in [2.75, 3.05) is 12.8 Å². The summed E-state index contributed by atoms with van der Waals surface area (Å²) in [5.74, 6) is 0.663. The lowest BCUT2D eigenvalue weighted by Crippen LogP contribution is -2.04. The molecule has 0 aliphatic rings. The summed E-state index contributed by atoms with van der Waals surface area (Å²) in [4.78, 5) is 0. The van der Waals surface area contributed by atoms with E-state index in [0.717, 1.165) is 36.8 Å². The topological polar surface area (TPSA) is 35.5 Å². The van der Waals surface area contributed by atoms with Crippen LogP contribution in [0.2, 0.25) is 0 Å². The van der Waals surface area contributed by atoms with E-state index in [1.165, 1.54) is 32.1 Å². The first kappa shape index (κ1) is 22.3. The highest BCUT2D eigenvalue weighted by Gasteiger charge is 2.25. The fourth-order valence-electron chi connectivity index (χ4n) is 2.90. The second-order valence-corrected chi connectivity index (χ2v) is 9.17. The fourth-order valence-corrected chi connectivity index (χ4v) is 4.71. The summed E-state index contributed by atoms with van der Waals surface area (Å²) >= 11 is 0. The molecule has 1 aromatic carbocycles. The van der Waals surface area contributed by atoms with Gasteiger partial charge in [0.25, 0.3) is 0 Å². The molecule has 0 saturated carbocycles. The highest BCUT2D eigenvalue weighted by Crippen LogP contribution is 2.49. The van der Waals surface area contributed by atoms with Crippen LogP contribution in [0.25, 0.3) is 0 Å². The van der Waals surface area contributed by atoms with E-state index in [1.807, 2.05) is 26.0 Å². The number of hydrogen-bond donors (Lipinski definition) is 0. The maximum Gasteiger partial charge on any atom is 0.379 e. The third kappa shape index (κ3) is 10.1. The summed E-state index contributed by atoms with van der Waals surface area (Å²) < 4.78 is 24.7. The Labute approximate surface area is 155 Å². The highest BCUT2D eigenvalue weighted by molar-refractivity contribution is 7.54. The zero-order valence-electron chi connectivity index (χ0n) is 16.7. The van der Waals surface area contributed by atoms with Gasteiger partial charge in [0, 0.05) is 0 Å². The van der Waals surface area contributed by atoms with Gasteiger partial charge in [-0.15, -0.1) is 0 Å². The third-order valence-electron chi connectivity index (χ3n) is 4.26. The standard InChI is InChI=1S/C21H37O3P/c1-5-7-9-10-11-12-13-14-23-25(22,15-8-6-2)24-21-17-19(3)16-20(4)18-21/h16-18H,5-15H2,1-4H3. The van der Waals surface area contributed by atoms with Crippen LogP contribution in [0.4, 0.5) is 0 Å². The number of unbranched alkanes of at least 4 members (excludes halogenated alkanes) is 7. The van der Waals surface area contributed by atoms with Gasteiger partial charge in [-0.05, 0) is 49.9 Å². The van der Waals surface area contributed by atoms with Gasteiger partial charge in [-0.1, -0.05) is 64.9 Å². The van der Waals surface area contributed by atoms with Gasteiger partial charge in [0.1, 0.15) is 5.75 Å². The summed E-state index contributed by atoms with van der Waals surface area (Å²) in [6, 6.07) is 5.95. The molecule has 1 atom stereocenters. The Bertz CT molecular complexity index is 508. The van der Waals surface area contributed by atoms with Crippen molar-refractivity contribution in [1.82, 2.24) is 0 Å². The molecular formula is C21H37O3P. The first-order valence-electron chi connectivity index (χ1n) is 10.0. The van der Waals surface area contributed by atoms with Gasteiger partial charge in [0.05, 0.1) is 12.8 Å². The predicted octanol–water partition coefficient (Wildman–Crippen LogP) is 7.44. The Morgan fingerprint density at radius 3 is 1.96 bits per heavy atom. The highest BCUT2D eigenvalue weighted by atomic mass is 31.2. The van der Waals surface area contributed by atoms with Crippen LogP contribution in [0.5, 0.6) is 5.75 Å². The lowest BCUT2D eigenvalue weighted by Gasteiger charge is -2.20. The van der Waals surface area contributed by atoms with Crippen molar-refractivity contribution in [3.05, 3.63) is 29.3 Å². The number of aryl methyl sites for hydroxylation is 2. The summed E-state index contributed by atoms with van der Waals surface area (Å²) in [6.45, 7) is 8.90. The molecular weight excluding hydrogens is 331 g/mol. The molecule has 1 rings (SSSR count). The molecule has 0 saturated heterocycles. The minimum atomic E-state index is -3.06. The van der Waals surface area contributed by atoms with Gasteiger partial charge in [0.2, 0.25) is 0 Å². The maximum absolute atomic E-state index is 13.1. The van der Waals surface area contributed by atoms with Crippen LogP contribution >= 0.6 is 7.60 Å². The van der Waals surface area contributed by atoms with E-state index in [0.29, 0.717) is 18.5 Å². The minimum Gasteiger partial charge on any atom is -0.424 e. The molecule has 0 fully saturated rings. The van der Waals surface area contributed by atoms with Gasteiger partial charge >= 0.3 is 7.60 Å². The Kier molecular flexibility index (Phi) is 11.2. The summed E-state index contributed by atoms with van der Waals surface area (Å²) in [5, 5.41) is 0. The van der Waals surface area contributed by atoms with E-state index < -0.39 is 7.60 Å². The molecule has 4 heteroatoms. The fraction of sp³-hybridized carbons (Fsp3) is 0.714. The molecule has 0 aromatic heterocycles. The van der Waals surface area contributed by atoms with E-state index in [2.05, 4.69) is 19.9 Å². The molecule has 0 bridgehead atoms. The van der Waals surface area contributed by atoms with Crippen LogP contribution in [0.15, 0.2) is 18.2 Å². The zero-order chi connectivity index (χ0) is 18.5. The van der Waals surface area contributed by atoms with Crippen molar-refractivity contribution in [2.24, 2.45) is 0 Å². The number of benzene rings is 1. The monoisotopic (exact) mass is 368 g/mol. The van der Waals surface area contributed by atoms with Crippen LogP contribution in [0.3, 0.4) is 0 Å². The van der Waals surface area contributed by atoms with Gasteiger partial charge in [-0.3, -0.25) is 4.52 Å². The average Bonchev–Trinajstić information content (AvgIpc) is 2.54. The first-order chi connectivity index (χ1) is 12.0. The Morgan fingerprint density at radius 2 is 1.36 bits per heavy atom. The van der Waals surface area contributed by atoms with Crippen molar-refractivity contribution in [1.29, 1.82) is 0 Å². The maximum atomic E-state index is 13.1. The molecule has 144 valence electrons. The van der Waals surface area contributed by atoms with Crippen LogP contribution in [-0.2, 0) is 9.09 Å². The van der Waals surface area contributed by atoms with Gasteiger partial charge < -0.3 is 4.52 Å². The SMILES string of the molecule is CCCCCCCCCOP(=O)(CCCC)Oc1cc(C)cc(C)c1. The second-order valence-electron chi connectivity index (χ2n) is 7.06. The second kappa shape index (κ2) is 12.5. The van der Waals surface area contributed by atoms with Crippen molar-refractivity contribution in [2.45, 2.75) is 85.5 Å². The van der Waals surface area contributed by atoms with Crippen molar-refractivity contribution >= 4 is 7.60 Å². The van der Waals surface area contributed by atoms with Crippen LogP contribution in [0.1, 0.15) is 82.8 Å². The molecule has 0 heterocycles. The predicted molar refractivity (Wildman–Crippen MR) is 108 cm³/mol. The van der Waals surface area contributed by atoms with Gasteiger partial charge in [0.15, 0.2) is 0 Å². The normalized spacial score (nSPS) is 13.6. The largest absolute Gasteiger partial charge is 0.424 e. The molecule has 25 heavy (non-hydrogen) atoms. The summed E-state index contributed by atoms with van der Waals surface area (Å²) in [7, 11) is -3.06. The number of rotatable bonds is 14. The molecule has 0 aliphatic carbocycles. The van der Waals surface area contributed by atoms with Crippen LogP contribution in [-0.4, -0.2) is 12.8 Å². The van der Waals surface area contributed by atoms with Gasteiger partial charge in [-0.2, -0.15) is 0 Å². The molecule has 1 unspecified atom stereocenters.